The normalized spacial score (nSPS) is 11.7. The van der Waals surface area contributed by atoms with E-state index in [2.05, 4.69) is 6.58 Å². The number of ketones is 2. The molecule has 116 valence electrons. The number of fused-ring (bicyclic) bond motifs is 2. The van der Waals surface area contributed by atoms with Crippen LogP contribution in [0.25, 0.3) is 6.08 Å². The molecule has 4 rings (SSSR count). The van der Waals surface area contributed by atoms with Crippen LogP contribution in [0.1, 0.15) is 37.4 Å². The second kappa shape index (κ2) is 6.88. The Kier molecular flexibility index (Phi) is 4.48. The van der Waals surface area contributed by atoms with E-state index in [4.69, 9.17) is 0 Å². The lowest BCUT2D eigenvalue weighted by Crippen LogP contribution is -2.20. The predicted octanol–water partition coefficient (Wildman–Crippen LogP) is 4.79. The first-order chi connectivity index (χ1) is 11.7. The van der Waals surface area contributed by atoms with Crippen LogP contribution in [0.2, 0.25) is 0 Å². The number of hydrogen-bond acceptors (Lipinski definition) is 2. The second-order valence-electron chi connectivity index (χ2n) is 5.36. The first kappa shape index (κ1) is 15.6. The minimum atomic E-state index is -0.0641. The molecule has 0 aromatic heterocycles. The third kappa shape index (κ3) is 2.95. The van der Waals surface area contributed by atoms with Gasteiger partial charge in [-0.15, -0.1) is 0 Å². The summed E-state index contributed by atoms with van der Waals surface area (Å²) in [6.45, 7) is 3.63. The first-order valence-electron chi connectivity index (χ1n) is 7.67. The monoisotopic (exact) mass is 312 g/mol. The van der Waals surface area contributed by atoms with E-state index in [1.165, 1.54) is 5.56 Å². The fourth-order valence-electron chi connectivity index (χ4n) is 2.64. The van der Waals surface area contributed by atoms with E-state index in [1.807, 2.05) is 36.4 Å². The lowest BCUT2D eigenvalue weighted by atomic mass is 9.84. The zero-order chi connectivity index (χ0) is 16.9. The van der Waals surface area contributed by atoms with Gasteiger partial charge in [0.2, 0.25) is 0 Å². The van der Waals surface area contributed by atoms with Crippen molar-refractivity contribution in [2.75, 3.05) is 0 Å². The van der Waals surface area contributed by atoms with Crippen molar-refractivity contribution in [2.45, 2.75) is 0 Å². The van der Waals surface area contributed by atoms with E-state index < -0.39 is 0 Å². The van der Waals surface area contributed by atoms with E-state index in [0.29, 0.717) is 22.3 Å². The summed E-state index contributed by atoms with van der Waals surface area (Å²) < 4.78 is 0. The summed E-state index contributed by atoms with van der Waals surface area (Å²) in [6, 6.07) is 23.9. The van der Waals surface area contributed by atoms with Crippen molar-refractivity contribution in [3.05, 3.63) is 113 Å². The number of carbonyl (C=O) groups is 2. The van der Waals surface area contributed by atoms with Gasteiger partial charge in [0.15, 0.2) is 11.6 Å². The molecule has 0 amide bonds. The minimum absolute atomic E-state index is 0.0641. The maximum Gasteiger partial charge on any atom is 0.194 e. The largest absolute Gasteiger partial charge is 0.289 e. The van der Waals surface area contributed by atoms with E-state index in [9.17, 15) is 9.59 Å². The van der Waals surface area contributed by atoms with Crippen LogP contribution in [-0.4, -0.2) is 11.6 Å². The van der Waals surface area contributed by atoms with Crippen LogP contribution >= 0.6 is 0 Å². The number of hydrogen-bond donors (Lipinski definition) is 0. The summed E-state index contributed by atoms with van der Waals surface area (Å²) in [6.07, 6.45) is 1.83. The van der Waals surface area contributed by atoms with Crippen molar-refractivity contribution in [2.24, 2.45) is 0 Å². The highest BCUT2D eigenvalue weighted by Crippen LogP contribution is 2.26. The Balaban J connectivity index is 0.000000179. The molecule has 0 N–H and O–H groups in total. The average molecular weight is 312 g/mol. The lowest BCUT2D eigenvalue weighted by molar-refractivity contribution is 0.0979. The van der Waals surface area contributed by atoms with E-state index in [1.54, 1.807) is 48.5 Å². The van der Waals surface area contributed by atoms with Gasteiger partial charge in [0.25, 0.3) is 0 Å². The van der Waals surface area contributed by atoms with Crippen LogP contribution in [0, 0.1) is 0 Å². The van der Waals surface area contributed by atoms with Crippen LogP contribution in [-0.2, 0) is 0 Å². The molecule has 2 heteroatoms. The van der Waals surface area contributed by atoms with Crippen molar-refractivity contribution >= 4 is 17.6 Å². The highest BCUT2D eigenvalue weighted by atomic mass is 16.1. The van der Waals surface area contributed by atoms with Gasteiger partial charge in [-0.3, -0.25) is 9.59 Å². The molecule has 24 heavy (non-hydrogen) atoms. The van der Waals surface area contributed by atoms with Crippen LogP contribution in [0.4, 0.5) is 0 Å². The first-order valence-corrected chi connectivity index (χ1v) is 7.67. The molecule has 0 unspecified atom stereocenters. The van der Waals surface area contributed by atoms with Crippen LogP contribution in [0.5, 0.6) is 0 Å². The van der Waals surface area contributed by atoms with Gasteiger partial charge < -0.3 is 0 Å². The zero-order valence-corrected chi connectivity index (χ0v) is 13.1. The predicted molar refractivity (Wildman–Crippen MR) is 96.3 cm³/mol. The van der Waals surface area contributed by atoms with Crippen molar-refractivity contribution < 1.29 is 9.59 Å². The molecule has 1 aliphatic carbocycles. The molecule has 0 aliphatic heterocycles. The van der Waals surface area contributed by atoms with Crippen molar-refractivity contribution in [3.63, 3.8) is 0 Å². The quantitative estimate of drug-likeness (QED) is 0.506. The van der Waals surface area contributed by atoms with E-state index in [0.717, 1.165) is 0 Å². The molecule has 0 radical (unpaired) electrons. The Labute approximate surface area is 141 Å². The summed E-state index contributed by atoms with van der Waals surface area (Å²) in [5.74, 6) is -0.128. The van der Waals surface area contributed by atoms with Gasteiger partial charge >= 0.3 is 0 Å². The molecule has 3 aromatic carbocycles. The molecule has 0 saturated heterocycles. The fourth-order valence-corrected chi connectivity index (χ4v) is 2.64. The zero-order valence-electron chi connectivity index (χ0n) is 13.1. The third-order valence-corrected chi connectivity index (χ3v) is 3.87. The number of carbonyl (C=O) groups excluding carboxylic acids is 2. The summed E-state index contributed by atoms with van der Waals surface area (Å²) in [4.78, 5) is 24.2. The smallest absolute Gasteiger partial charge is 0.194 e. The summed E-state index contributed by atoms with van der Waals surface area (Å²) >= 11 is 0. The molecular formula is C22H16O2. The van der Waals surface area contributed by atoms with Crippen LogP contribution in [0.3, 0.4) is 0 Å². The van der Waals surface area contributed by atoms with Gasteiger partial charge in [0, 0.05) is 22.3 Å². The number of rotatable bonds is 1. The molecule has 2 nitrogen and oxygen atoms in total. The minimum Gasteiger partial charge on any atom is -0.289 e. The van der Waals surface area contributed by atoms with E-state index in [-0.39, 0.29) is 11.6 Å². The second-order valence-corrected chi connectivity index (χ2v) is 5.36. The molecule has 0 saturated carbocycles. The van der Waals surface area contributed by atoms with E-state index >= 15 is 0 Å². The molecule has 0 bridgehead atoms. The highest BCUT2D eigenvalue weighted by Gasteiger charge is 2.28. The fraction of sp³-hybridized carbons (Fsp3) is 0. The molecule has 0 atom stereocenters. The van der Waals surface area contributed by atoms with Crippen LogP contribution in [0.15, 0.2) is 85.4 Å². The molecule has 1 aliphatic rings. The maximum atomic E-state index is 12.1. The number of benzene rings is 3. The lowest BCUT2D eigenvalue weighted by Gasteiger charge is -2.16. The van der Waals surface area contributed by atoms with Gasteiger partial charge in [-0.2, -0.15) is 0 Å². The van der Waals surface area contributed by atoms with Gasteiger partial charge in [0.05, 0.1) is 0 Å². The van der Waals surface area contributed by atoms with Crippen molar-refractivity contribution in [1.82, 2.24) is 0 Å². The van der Waals surface area contributed by atoms with Crippen molar-refractivity contribution in [3.8, 4) is 0 Å². The molecule has 0 spiro atoms. The standard InChI is InChI=1S/C14H8O2.C8H8/c15-13-9-5-1-2-6-10(9)14(16)12-8-4-3-7-11(12)13;1-2-8-6-4-3-5-7-8/h1-8H;2-7H,1H2. The molecule has 0 heterocycles. The SMILES string of the molecule is C=Cc1ccccc1.O=C1c2ccccc2C(=O)c2ccccc21. The van der Waals surface area contributed by atoms with Crippen LogP contribution < -0.4 is 0 Å². The summed E-state index contributed by atoms with van der Waals surface area (Å²) in [7, 11) is 0. The Bertz CT molecular complexity index is 803. The molecular weight excluding hydrogens is 296 g/mol. The summed E-state index contributed by atoms with van der Waals surface area (Å²) in [5, 5.41) is 0. The Morgan fingerprint density at radius 3 is 1.17 bits per heavy atom. The van der Waals surface area contributed by atoms with Gasteiger partial charge in [-0.1, -0.05) is 91.5 Å². The Hall–Kier alpha value is -3.26. The Morgan fingerprint density at radius 2 is 0.875 bits per heavy atom. The maximum absolute atomic E-state index is 12.1. The van der Waals surface area contributed by atoms with Gasteiger partial charge in [-0.05, 0) is 5.56 Å². The highest BCUT2D eigenvalue weighted by molar-refractivity contribution is 6.28. The van der Waals surface area contributed by atoms with Crippen molar-refractivity contribution in [1.29, 1.82) is 0 Å². The van der Waals surface area contributed by atoms with Gasteiger partial charge in [0.1, 0.15) is 0 Å². The summed E-state index contributed by atoms with van der Waals surface area (Å²) in [5.41, 5.74) is 3.20. The average Bonchev–Trinajstić information content (AvgIpc) is 2.67. The third-order valence-electron chi connectivity index (χ3n) is 3.87. The van der Waals surface area contributed by atoms with Gasteiger partial charge in [-0.25, -0.2) is 0 Å². The topological polar surface area (TPSA) is 34.1 Å². The Morgan fingerprint density at radius 1 is 0.542 bits per heavy atom. The molecule has 3 aromatic rings. The molecule has 0 fully saturated rings.